The Kier molecular flexibility index (Phi) is 3.50. The number of nitrogens with zero attached hydrogens (tertiary/aromatic N) is 2. The molecule has 1 aromatic carbocycles. The van der Waals surface area contributed by atoms with E-state index in [4.69, 9.17) is 0 Å². The number of halogens is 1. The molecule has 0 atom stereocenters. The van der Waals surface area contributed by atoms with Crippen LogP contribution in [0.15, 0.2) is 27.7 Å². The monoisotopic (exact) mass is 256 g/mol. The Morgan fingerprint density at radius 1 is 1.57 bits per heavy atom. The predicted molar refractivity (Wildman–Crippen MR) is 52.6 cm³/mol. The van der Waals surface area contributed by atoms with E-state index in [0.717, 1.165) is 0 Å². The van der Waals surface area contributed by atoms with Crippen LogP contribution in [0.2, 0.25) is 0 Å². The SMILES string of the molecule is O=C=NCc1ccc([N+](=O)[O-])c(Br)c1. The van der Waals surface area contributed by atoms with Crippen molar-refractivity contribution in [3.63, 3.8) is 0 Å². The molecule has 5 nitrogen and oxygen atoms in total. The Morgan fingerprint density at radius 2 is 2.29 bits per heavy atom. The van der Waals surface area contributed by atoms with Crippen molar-refractivity contribution >= 4 is 27.7 Å². The van der Waals surface area contributed by atoms with Gasteiger partial charge in [-0.1, -0.05) is 6.07 Å². The van der Waals surface area contributed by atoms with Crippen LogP contribution in [0.3, 0.4) is 0 Å². The standard InChI is InChI=1S/C8H5BrN2O3/c9-7-3-6(4-10-5-12)1-2-8(7)11(13)14/h1-3H,4H2. The number of hydrogen-bond acceptors (Lipinski definition) is 4. The summed E-state index contributed by atoms with van der Waals surface area (Å²) in [4.78, 5) is 23.1. The summed E-state index contributed by atoms with van der Waals surface area (Å²) in [6.45, 7) is 0.181. The zero-order chi connectivity index (χ0) is 10.6. The normalized spacial score (nSPS) is 9.21. The third-order valence-corrected chi connectivity index (χ3v) is 2.17. The van der Waals surface area contributed by atoms with Gasteiger partial charge in [-0.15, -0.1) is 0 Å². The van der Waals surface area contributed by atoms with Gasteiger partial charge in [0.15, 0.2) is 0 Å². The maximum absolute atomic E-state index is 10.4. The molecule has 0 aromatic heterocycles. The maximum Gasteiger partial charge on any atom is 0.283 e. The van der Waals surface area contributed by atoms with Crippen molar-refractivity contribution in [2.24, 2.45) is 4.99 Å². The van der Waals surface area contributed by atoms with Crippen molar-refractivity contribution in [1.29, 1.82) is 0 Å². The van der Waals surface area contributed by atoms with Gasteiger partial charge in [0.05, 0.1) is 15.9 Å². The minimum absolute atomic E-state index is 0.0103. The number of nitro groups is 1. The van der Waals surface area contributed by atoms with E-state index in [1.807, 2.05) is 0 Å². The number of nitro benzene ring substituents is 1. The van der Waals surface area contributed by atoms with Crippen LogP contribution in [-0.2, 0) is 11.3 Å². The van der Waals surface area contributed by atoms with Gasteiger partial charge in [-0.25, -0.2) is 9.79 Å². The fourth-order valence-electron chi connectivity index (χ4n) is 0.920. The quantitative estimate of drug-likeness (QED) is 0.360. The Balaban J connectivity index is 3.00. The molecular weight excluding hydrogens is 252 g/mol. The van der Waals surface area contributed by atoms with Gasteiger partial charge in [0, 0.05) is 6.07 Å². The summed E-state index contributed by atoms with van der Waals surface area (Å²) < 4.78 is 0.376. The summed E-state index contributed by atoms with van der Waals surface area (Å²) in [6, 6.07) is 4.46. The summed E-state index contributed by atoms with van der Waals surface area (Å²) >= 11 is 3.06. The van der Waals surface area contributed by atoms with Crippen LogP contribution >= 0.6 is 15.9 Å². The van der Waals surface area contributed by atoms with Gasteiger partial charge < -0.3 is 0 Å². The molecule has 0 radical (unpaired) electrons. The van der Waals surface area contributed by atoms with E-state index in [0.29, 0.717) is 10.0 Å². The van der Waals surface area contributed by atoms with Crippen molar-refractivity contribution < 1.29 is 9.72 Å². The Morgan fingerprint density at radius 3 is 2.79 bits per heavy atom. The summed E-state index contributed by atoms with van der Waals surface area (Å²) in [5.41, 5.74) is 0.703. The van der Waals surface area contributed by atoms with Crippen molar-refractivity contribution in [2.45, 2.75) is 6.54 Å². The van der Waals surface area contributed by atoms with Crippen LogP contribution in [0.4, 0.5) is 5.69 Å². The van der Waals surface area contributed by atoms with E-state index >= 15 is 0 Å². The second-order valence-corrected chi connectivity index (χ2v) is 3.30. The largest absolute Gasteiger partial charge is 0.283 e. The first kappa shape index (κ1) is 10.6. The van der Waals surface area contributed by atoms with Crippen molar-refractivity contribution in [2.75, 3.05) is 0 Å². The molecule has 6 heteroatoms. The van der Waals surface area contributed by atoms with Gasteiger partial charge in [-0.05, 0) is 27.6 Å². The second kappa shape index (κ2) is 4.64. The van der Waals surface area contributed by atoms with E-state index < -0.39 is 4.92 Å². The van der Waals surface area contributed by atoms with Crippen LogP contribution in [0.1, 0.15) is 5.56 Å². The van der Waals surface area contributed by atoms with E-state index in [1.54, 1.807) is 12.1 Å². The highest BCUT2D eigenvalue weighted by atomic mass is 79.9. The van der Waals surface area contributed by atoms with Crippen molar-refractivity contribution in [1.82, 2.24) is 0 Å². The number of aliphatic imine (C=N–C) groups is 1. The molecule has 0 saturated heterocycles. The predicted octanol–water partition coefficient (Wildman–Crippen LogP) is 2.19. The van der Waals surface area contributed by atoms with Crippen LogP contribution in [0.5, 0.6) is 0 Å². The van der Waals surface area contributed by atoms with Crippen molar-refractivity contribution in [3.05, 3.63) is 38.3 Å². The van der Waals surface area contributed by atoms with Crippen LogP contribution < -0.4 is 0 Å². The van der Waals surface area contributed by atoms with E-state index in [-0.39, 0.29) is 12.2 Å². The Labute approximate surface area is 87.7 Å². The highest BCUT2D eigenvalue weighted by Crippen LogP contribution is 2.25. The maximum atomic E-state index is 10.4. The lowest BCUT2D eigenvalue weighted by Crippen LogP contribution is -1.90. The van der Waals surface area contributed by atoms with Gasteiger partial charge in [0.25, 0.3) is 5.69 Å². The van der Waals surface area contributed by atoms with Crippen molar-refractivity contribution in [3.8, 4) is 0 Å². The molecule has 0 unspecified atom stereocenters. The summed E-state index contributed by atoms with van der Waals surface area (Å²) in [5.74, 6) is 0. The summed E-state index contributed by atoms with van der Waals surface area (Å²) in [5, 5.41) is 10.4. The molecule has 0 aliphatic carbocycles. The third-order valence-electron chi connectivity index (χ3n) is 1.53. The van der Waals surface area contributed by atoms with Gasteiger partial charge in [-0.2, -0.15) is 0 Å². The zero-order valence-corrected chi connectivity index (χ0v) is 8.52. The number of carbonyl (C=O) groups excluding carboxylic acids is 1. The first-order valence-electron chi connectivity index (χ1n) is 3.61. The minimum Gasteiger partial charge on any atom is -0.258 e. The Bertz CT molecular complexity index is 413. The molecule has 0 aliphatic heterocycles. The third kappa shape index (κ3) is 2.48. The molecule has 0 aliphatic rings. The van der Waals surface area contributed by atoms with Gasteiger partial charge in [-0.3, -0.25) is 10.1 Å². The lowest BCUT2D eigenvalue weighted by atomic mass is 10.2. The first-order valence-corrected chi connectivity index (χ1v) is 4.41. The number of hydrogen-bond donors (Lipinski definition) is 0. The molecule has 0 fully saturated rings. The molecule has 0 saturated carbocycles. The molecule has 14 heavy (non-hydrogen) atoms. The van der Waals surface area contributed by atoms with Gasteiger partial charge in [0.1, 0.15) is 0 Å². The summed E-state index contributed by atoms with van der Waals surface area (Å²) in [6.07, 6.45) is 1.40. The summed E-state index contributed by atoms with van der Waals surface area (Å²) in [7, 11) is 0. The van der Waals surface area contributed by atoms with Gasteiger partial charge in [0.2, 0.25) is 6.08 Å². The van der Waals surface area contributed by atoms with Gasteiger partial charge >= 0.3 is 0 Å². The average Bonchev–Trinajstić information content (AvgIpc) is 2.14. The molecule has 0 bridgehead atoms. The Hall–Kier alpha value is -1.52. The van der Waals surface area contributed by atoms with E-state index in [1.165, 1.54) is 12.1 Å². The topological polar surface area (TPSA) is 72.6 Å². The number of isocyanates is 1. The fourth-order valence-corrected chi connectivity index (χ4v) is 1.49. The average molecular weight is 257 g/mol. The molecule has 1 rings (SSSR count). The lowest BCUT2D eigenvalue weighted by molar-refractivity contribution is -0.385. The van der Waals surface area contributed by atoms with Crippen LogP contribution in [-0.4, -0.2) is 11.0 Å². The smallest absolute Gasteiger partial charge is 0.258 e. The molecular formula is C8H5BrN2O3. The molecule has 72 valence electrons. The number of benzene rings is 1. The molecule has 0 N–H and O–H groups in total. The highest BCUT2D eigenvalue weighted by molar-refractivity contribution is 9.10. The lowest BCUT2D eigenvalue weighted by Gasteiger charge is -1.97. The van der Waals surface area contributed by atoms with E-state index in [9.17, 15) is 14.9 Å². The minimum atomic E-state index is -0.489. The molecule has 0 spiro atoms. The molecule has 0 heterocycles. The highest BCUT2D eigenvalue weighted by Gasteiger charge is 2.10. The van der Waals surface area contributed by atoms with Crippen LogP contribution in [0, 0.1) is 10.1 Å². The first-order chi connectivity index (χ1) is 6.65. The second-order valence-electron chi connectivity index (χ2n) is 2.45. The molecule has 0 amide bonds. The van der Waals surface area contributed by atoms with E-state index in [2.05, 4.69) is 20.9 Å². The van der Waals surface area contributed by atoms with Crippen LogP contribution in [0.25, 0.3) is 0 Å². The molecule has 1 aromatic rings. The zero-order valence-electron chi connectivity index (χ0n) is 6.94. The number of rotatable bonds is 3. The fraction of sp³-hybridized carbons (Fsp3) is 0.125.